The molecule has 1 aliphatic rings. The maximum atomic E-state index is 12.5. The van der Waals surface area contributed by atoms with Gasteiger partial charge >= 0.3 is 0 Å². The number of nitrogens with zero attached hydrogens (tertiary/aromatic N) is 4. The molecule has 134 valence electrons. The lowest BCUT2D eigenvalue weighted by Gasteiger charge is -2.24. The minimum absolute atomic E-state index is 0.260. The van der Waals surface area contributed by atoms with E-state index in [1.54, 1.807) is 6.20 Å². The van der Waals surface area contributed by atoms with E-state index in [0.29, 0.717) is 28.8 Å². The molecule has 6 nitrogen and oxygen atoms in total. The Bertz CT molecular complexity index is 1080. The number of nitrogens with one attached hydrogen (secondary N) is 1. The van der Waals surface area contributed by atoms with Crippen molar-refractivity contribution in [2.75, 3.05) is 11.9 Å². The van der Waals surface area contributed by atoms with E-state index in [9.17, 15) is 4.79 Å². The predicted molar refractivity (Wildman–Crippen MR) is 105 cm³/mol. The van der Waals surface area contributed by atoms with E-state index in [2.05, 4.69) is 36.2 Å². The lowest BCUT2D eigenvalue weighted by Crippen LogP contribution is -2.25. The number of benzene rings is 1. The van der Waals surface area contributed by atoms with Crippen LogP contribution >= 0.6 is 11.6 Å². The first-order valence-corrected chi connectivity index (χ1v) is 9.02. The second-order valence-corrected chi connectivity index (χ2v) is 7.47. The molecule has 1 N–H and O–H groups in total. The molecule has 3 aromatic rings. The molecule has 0 spiro atoms. The van der Waals surface area contributed by atoms with E-state index >= 15 is 0 Å². The van der Waals surface area contributed by atoms with Gasteiger partial charge in [0, 0.05) is 17.1 Å². The summed E-state index contributed by atoms with van der Waals surface area (Å²) in [6.07, 6.45) is 1.60. The molecule has 1 aliphatic heterocycles. The van der Waals surface area contributed by atoms with Crippen LogP contribution in [0.25, 0.3) is 16.7 Å². The van der Waals surface area contributed by atoms with Crippen molar-refractivity contribution in [3.8, 4) is 0 Å². The number of aromatic nitrogens is 4. The molecule has 0 aliphatic carbocycles. The SMILES string of the molecule is CC1=C(c2ccc(Cl)cc2)n2ncc3c(=O)nc(NCC(C)C)n(c32)C1. The maximum absolute atomic E-state index is 12.5. The van der Waals surface area contributed by atoms with E-state index in [0.717, 1.165) is 29.0 Å². The number of anilines is 1. The first kappa shape index (κ1) is 16.8. The number of hydrogen-bond acceptors (Lipinski definition) is 4. The van der Waals surface area contributed by atoms with Crippen LogP contribution in [-0.4, -0.2) is 25.9 Å². The second-order valence-electron chi connectivity index (χ2n) is 7.03. The lowest BCUT2D eigenvalue weighted by molar-refractivity contribution is 0.666. The largest absolute Gasteiger partial charge is 0.355 e. The first-order chi connectivity index (χ1) is 12.5. The third kappa shape index (κ3) is 2.70. The van der Waals surface area contributed by atoms with Crippen molar-refractivity contribution < 1.29 is 0 Å². The van der Waals surface area contributed by atoms with Gasteiger partial charge in [0.05, 0.1) is 18.4 Å². The minimum Gasteiger partial charge on any atom is -0.355 e. The Labute approximate surface area is 156 Å². The smallest absolute Gasteiger partial charge is 0.285 e. The van der Waals surface area contributed by atoms with Crippen LogP contribution in [-0.2, 0) is 6.54 Å². The fraction of sp³-hybridized carbons (Fsp3) is 0.316. The van der Waals surface area contributed by atoms with Crippen LogP contribution < -0.4 is 10.9 Å². The number of halogens is 1. The predicted octanol–water partition coefficient (Wildman–Crippen LogP) is 3.61. The van der Waals surface area contributed by atoms with Crippen LogP contribution in [0.5, 0.6) is 0 Å². The molecule has 7 heteroatoms. The van der Waals surface area contributed by atoms with E-state index in [-0.39, 0.29) is 5.56 Å². The van der Waals surface area contributed by atoms with Crippen molar-refractivity contribution in [3.63, 3.8) is 0 Å². The Morgan fingerprint density at radius 1 is 1.27 bits per heavy atom. The Kier molecular flexibility index (Phi) is 4.07. The van der Waals surface area contributed by atoms with Gasteiger partial charge in [0.1, 0.15) is 5.39 Å². The van der Waals surface area contributed by atoms with Crippen LogP contribution in [0.1, 0.15) is 26.3 Å². The Morgan fingerprint density at radius 3 is 2.69 bits per heavy atom. The molecule has 1 aromatic carbocycles. The zero-order valence-electron chi connectivity index (χ0n) is 15.0. The van der Waals surface area contributed by atoms with E-state index < -0.39 is 0 Å². The Balaban J connectivity index is 1.91. The fourth-order valence-electron chi connectivity index (χ4n) is 3.28. The van der Waals surface area contributed by atoms with Crippen LogP contribution in [0, 0.1) is 5.92 Å². The summed E-state index contributed by atoms with van der Waals surface area (Å²) in [7, 11) is 0. The van der Waals surface area contributed by atoms with Crippen LogP contribution in [0.2, 0.25) is 5.02 Å². The zero-order valence-corrected chi connectivity index (χ0v) is 15.7. The number of hydrogen-bond donors (Lipinski definition) is 1. The van der Waals surface area contributed by atoms with E-state index in [1.807, 2.05) is 33.5 Å². The molecular weight excluding hydrogens is 350 g/mol. The molecule has 0 bridgehead atoms. The molecule has 0 fully saturated rings. The summed E-state index contributed by atoms with van der Waals surface area (Å²) < 4.78 is 3.86. The molecule has 0 radical (unpaired) electrons. The minimum atomic E-state index is -0.260. The summed E-state index contributed by atoms with van der Waals surface area (Å²) in [5, 5.41) is 9.01. The zero-order chi connectivity index (χ0) is 18.4. The quantitative estimate of drug-likeness (QED) is 0.763. The normalized spacial score (nSPS) is 13.7. The molecule has 0 saturated heterocycles. The standard InChI is InChI=1S/C19H20ClN5O/c1-11(2)8-21-19-23-17(26)15-9-22-25-16(12(3)10-24(19)18(15)25)13-4-6-14(20)7-5-13/h4-7,9,11H,8,10H2,1-3H3,(H,21,23,26). The van der Waals surface area contributed by atoms with Gasteiger partial charge in [-0.25, -0.2) is 4.68 Å². The van der Waals surface area contributed by atoms with Crippen molar-refractivity contribution >= 4 is 34.3 Å². The highest BCUT2D eigenvalue weighted by molar-refractivity contribution is 6.30. The van der Waals surface area contributed by atoms with Crippen molar-refractivity contribution in [1.29, 1.82) is 0 Å². The van der Waals surface area contributed by atoms with Gasteiger partial charge in [-0.05, 0) is 30.5 Å². The van der Waals surface area contributed by atoms with Crippen molar-refractivity contribution in [2.24, 2.45) is 5.92 Å². The van der Waals surface area contributed by atoms with Crippen molar-refractivity contribution in [3.05, 3.63) is 57.0 Å². The molecule has 2 aromatic heterocycles. The summed E-state index contributed by atoms with van der Waals surface area (Å²) in [6.45, 7) is 7.71. The van der Waals surface area contributed by atoms with Gasteiger partial charge in [-0.3, -0.25) is 9.36 Å². The second kappa shape index (κ2) is 6.29. The molecule has 0 unspecified atom stereocenters. The summed E-state index contributed by atoms with van der Waals surface area (Å²) in [5.74, 6) is 1.04. The molecule has 0 saturated carbocycles. The van der Waals surface area contributed by atoms with Gasteiger partial charge in [-0.15, -0.1) is 0 Å². The van der Waals surface area contributed by atoms with Gasteiger partial charge in [0.25, 0.3) is 5.56 Å². The average Bonchev–Trinajstić information content (AvgIpc) is 3.03. The van der Waals surface area contributed by atoms with Crippen LogP contribution in [0.3, 0.4) is 0 Å². The van der Waals surface area contributed by atoms with Gasteiger partial charge in [0.2, 0.25) is 5.95 Å². The monoisotopic (exact) mass is 369 g/mol. The summed E-state index contributed by atoms with van der Waals surface area (Å²) in [4.78, 5) is 16.7. The molecule has 0 atom stereocenters. The van der Waals surface area contributed by atoms with Crippen molar-refractivity contribution in [2.45, 2.75) is 27.3 Å². The molecule has 4 rings (SSSR count). The van der Waals surface area contributed by atoms with Crippen molar-refractivity contribution in [1.82, 2.24) is 19.3 Å². The Hall–Kier alpha value is -2.60. The van der Waals surface area contributed by atoms with E-state index in [1.165, 1.54) is 0 Å². The summed E-state index contributed by atoms with van der Waals surface area (Å²) >= 11 is 6.03. The van der Waals surface area contributed by atoms with Crippen LogP contribution in [0.4, 0.5) is 5.95 Å². The first-order valence-electron chi connectivity index (χ1n) is 8.64. The molecular formula is C19H20ClN5O. The highest BCUT2D eigenvalue weighted by Crippen LogP contribution is 2.31. The maximum Gasteiger partial charge on any atom is 0.285 e. The highest BCUT2D eigenvalue weighted by atomic mass is 35.5. The van der Waals surface area contributed by atoms with Gasteiger partial charge in [-0.1, -0.05) is 37.6 Å². The topological polar surface area (TPSA) is 64.7 Å². The third-order valence-electron chi connectivity index (χ3n) is 4.49. The van der Waals surface area contributed by atoms with Crippen LogP contribution in [0.15, 0.2) is 40.8 Å². The Morgan fingerprint density at radius 2 is 2.00 bits per heavy atom. The molecule has 3 heterocycles. The fourth-order valence-corrected chi connectivity index (χ4v) is 3.41. The molecule has 26 heavy (non-hydrogen) atoms. The van der Waals surface area contributed by atoms with E-state index in [4.69, 9.17) is 11.6 Å². The number of allylic oxidation sites excluding steroid dienone is 1. The van der Waals surface area contributed by atoms with Gasteiger partial charge in [0.15, 0.2) is 5.65 Å². The third-order valence-corrected chi connectivity index (χ3v) is 4.74. The van der Waals surface area contributed by atoms with Gasteiger partial charge in [-0.2, -0.15) is 10.1 Å². The van der Waals surface area contributed by atoms with Gasteiger partial charge < -0.3 is 5.32 Å². The lowest BCUT2D eigenvalue weighted by atomic mass is 10.1. The highest BCUT2D eigenvalue weighted by Gasteiger charge is 2.24. The summed E-state index contributed by atoms with van der Waals surface area (Å²) in [6, 6.07) is 7.67. The number of rotatable bonds is 4. The summed E-state index contributed by atoms with van der Waals surface area (Å²) in [5.41, 5.74) is 3.65. The average molecular weight is 370 g/mol. The molecule has 0 amide bonds.